The molecule has 3 heteroatoms. The second-order valence-corrected chi connectivity index (χ2v) is 11.0. The molecule has 0 aliphatic rings. The summed E-state index contributed by atoms with van der Waals surface area (Å²) in [5, 5.41) is 8.90. The highest BCUT2D eigenvalue weighted by Crippen LogP contribution is 2.18. The standard InChI is InChI=1S/C13H20O2Si/c1-10(13(14)15)12-7-5-11(6-8-12)9-16(2,3)4/h5-8,10H,9H2,1-4H3,(H,14,15). The highest BCUT2D eigenvalue weighted by Gasteiger charge is 2.16. The number of carboxylic acid groups (broad SMARTS) is 1. The predicted octanol–water partition coefficient (Wildman–Crippen LogP) is 3.29. The molecule has 1 atom stereocenters. The van der Waals surface area contributed by atoms with Gasteiger partial charge >= 0.3 is 5.97 Å². The summed E-state index contributed by atoms with van der Waals surface area (Å²) < 4.78 is 0. The van der Waals surface area contributed by atoms with Crippen molar-refractivity contribution in [1.82, 2.24) is 0 Å². The van der Waals surface area contributed by atoms with Crippen molar-refractivity contribution >= 4 is 14.0 Å². The van der Waals surface area contributed by atoms with Crippen molar-refractivity contribution in [2.24, 2.45) is 0 Å². The van der Waals surface area contributed by atoms with Crippen molar-refractivity contribution < 1.29 is 9.90 Å². The van der Waals surface area contributed by atoms with Crippen LogP contribution in [0.5, 0.6) is 0 Å². The van der Waals surface area contributed by atoms with Crippen LogP contribution in [-0.2, 0) is 10.8 Å². The molecule has 0 radical (unpaired) electrons. The molecular formula is C13H20O2Si. The van der Waals surface area contributed by atoms with Crippen LogP contribution in [0, 0.1) is 0 Å². The first-order valence-corrected chi connectivity index (χ1v) is 9.32. The van der Waals surface area contributed by atoms with Crippen LogP contribution >= 0.6 is 0 Å². The zero-order valence-corrected chi connectivity index (χ0v) is 11.4. The summed E-state index contributed by atoms with van der Waals surface area (Å²) in [7, 11) is -1.08. The Bertz CT molecular complexity index is 363. The first-order valence-electron chi connectivity index (χ1n) is 5.61. The molecule has 0 saturated carbocycles. The van der Waals surface area contributed by atoms with Crippen LogP contribution in [0.15, 0.2) is 24.3 Å². The maximum atomic E-state index is 10.8. The van der Waals surface area contributed by atoms with Gasteiger partial charge in [-0.15, -0.1) is 0 Å². The summed E-state index contributed by atoms with van der Waals surface area (Å²) in [6.45, 7) is 8.72. The molecule has 0 aromatic heterocycles. The average Bonchev–Trinajstić information content (AvgIpc) is 2.15. The minimum absolute atomic E-state index is 0.416. The molecule has 0 heterocycles. The van der Waals surface area contributed by atoms with Crippen LogP contribution in [0.3, 0.4) is 0 Å². The van der Waals surface area contributed by atoms with Crippen LogP contribution in [0.4, 0.5) is 0 Å². The number of benzene rings is 1. The summed E-state index contributed by atoms with van der Waals surface area (Å²) in [5.74, 6) is -1.18. The van der Waals surface area contributed by atoms with Gasteiger partial charge in [0, 0.05) is 8.07 Å². The van der Waals surface area contributed by atoms with Gasteiger partial charge in [-0.05, 0) is 18.5 Å². The van der Waals surface area contributed by atoms with Crippen LogP contribution in [-0.4, -0.2) is 19.1 Å². The zero-order chi connectivity index (χ0) is 12.3. The summed E-state index contributed by atoms with van der Waals surface area (Å²) in [4.78, 5) is 10.8. The summed E-state index contributed by atoms with van der Waals surface area (Å²) >= 11 is 0. The van der Waals surface area contributed by atoms with E-state index in [0.29, 0.717) is 0 Å². The van der Waals surface area contributed by atoms with Gasteiger partial charge in [-0.25, -0.2) is 0 Å². The van der Waals surface area contributed by atoms with E-state index in [1.54, 1.807) is 6.92 Å². The first kappa shape index (κ1) is 13.0. The second-order valence-electron chi connectivity index (χ2n) is 5.54. The molecule has 16 heavy (non-hydrogen) atoms. The van der Waals surface area contributed by atoms with Gasteiger partial charge in [0.15, 0.2) is 0 Å². The largest absolute Gasteiger partial charge is 0.481 e. The fraction of sp³-hybridized carbons (Fsp3) is 0.462. The second kappa shape index (κ2) is 4.83. The van der Waals surface area contributed by atoms with E-state index < -0.39 is 20.0 Å². The molecule has 1 aromatic rings. The molecule has 0 aliphatic carbocycles. The number of rotatable bonds is 4. The van der Waals surface area contributed by atoms with Gasteiger partial charge in [-0.3, -0.25) is 4.79 Å². The van der Waals surface area contributed by atoms with Gasteiger partial charge in [0.1, 0.15) is 0 Å². The molecule has 1 aromatic carbocycles. The van der Waals surface area contributed by atoms with E-state index in [4.69, 9.17) is 5.11 Å². The van der Waals surface area contributed by atoms with Crippen molar-refractivity contribution in [3.8, 4) is 0 Å². The average molecular weight is 236 g/mol. The Labute approximate surface area is 98.3 Å². The summed E-state index contributed by atoms with van der Waals surface area (Å²) in [6.07, 6.45) is 0. The van der Waals surface area contributed by atoms with Gasteiger partial charge in [0.05, 0.1) is 5.92 Å². The van der Waals surface area contributed by atoms with Crippen molar-refractivity contribution in [2.75, 3.05) is 0 Å². The van der Waals surface area contributed by atoms with E-state index >= 15 is 0 Å². The molecule has 0 aliphatic heterocycles. The van der Waals surface area contributed by atoms with Crippen molar-refractivity contribution in [3.63, 3.8) is 0 Å². The molecular weight excluding hydrogens is 216 g/mol. The molecule has 0 bridgehead atoms. The van der Waals surface area contributed by atoms with E-state index in [1.165, 1.54) is 5.56 Å². The molecule has 1 rings (SSSR count). The number of hydrogen-bond acceptors (Lipinski definition) is 1. The van der Waals surface area contributed by atoms with Crippen molar-refractivity contribution in [2.45, 2.75) is 38.5 Å². The fourth-order valence-electron chi connectivity index (χ4n) is 1.68. The SMILES string of the molecule is CC(C(=O)O)c1ccc(C[Si](C)(C)C)cc1. The lowest BCUT2D eigenvalue weighted by Crippen LogP contribution is -2.23. The Hall–Kier alpha value is -1.09. The van der Waals surface area contributed by atoms with Gasteiger partial charge < -0.3 is 5.11 Å². The smallest absolute Gasteiger partial charge is 0.310 e. The van der Waals surface area contributed by atoms with Gasteiger partial charge in [0.25, 0.3) is 0 Å². The molecule has 1 unspecified atom stereocenters. The van der Waals surface area contributed by atoms with E-state index in [1.807, 2.05) is 12.1 Å². The quantitative estimate of drug-likeness (QED) is 0.814. The van der Waals surface area contributed by atoms with E-state index in [-0.39, 0.29) is 0 Å². The Morgan fingerprint density at radius 3 is 2.12 bits per heavy atom. The number of aliphatic carboxylic acids is 1. The topological polar surface area (TPSA) is 37.3 Å². The highest BCUT2D eigenvalue weighted by molar-refractivity contribution is 6.75. The van der Waals surface area contributed by atoms with Gasteiger partial charge in [-0.1, -0.05) is 49.5 Å². The zero-order valence-electron chi connectivity index (χ0n) is 10.4. The maximum absolute atomic E-state index is 10.8. The number of carboxylic acids is 1. The molecule has 1 N–H and O–H groups in total. The van der Waals surface area contributed by atoms with Crippen LogP contribution in [0.25, 0.3) is 0 Å². The third-order valence-corrected chi connectivity index (χ3v) is 4.05. The summed E-state index contributed by atoms with van der Waals surface area (Å²) in [5.41, 5.74) is 2.20. The third-order valence-electron chi connectivity index (χ3n) is 2.58. The molecule has 2 nitrogen and oxygen atoms in total. The van der Waals surface area contributed by atoms with Crippen LogP contribution in [0.2, 0.25) is 19.6 Å². The minimum Gasteiger partial charge on any atom is -0.481 e. The third kappa shape index (κ3) is 3.81. The lowest BCUT2D eigenvalue weighted by molar-refractivity contribution is -0.138. The van der Waals surface area contributed by atoms with Gasteiger partial charge in [-0.2, -0.15) is 0 Å². The molecule has 0 spiro atoms. The van der Waals surface area contributed by atoms with E-state index in [0.717, 1.165) is 11.6 Å². The number of carbonyl (C=O) groups is 1. The Kier molecular flexibility index (Phi) is 3.91. The summed E-state index contributed by atoms with van der Waals surface area (Å²) in [6, 6.07) is 9.15. The van der Waals surface area contributed by atoms with Crippen LogP contribution < -0.4 is 0 Å². The first-order chi connectivity index (χ1) is 7.29. The molecule has 88 valence electrons. The Balaban J connectivity index is 2.79. The molecule has 0 saturated heterocycles. The maximum Gasteiger partial charge on any atom is 0.310 e. The number of hydrogen-bond donors (Lipinski definition) is 1. The lowest BCUT2D eigenvalue weighted by Gasteiger charge is -2.16. The highest BCUT2D eigenvalue weighted by atomic mass is 28.3. The lowest BCUT2D eigenvalue weighted by atomic mass is 10.0. The van der Waals surface area contributed by atoms with Crippen molar-refractivity contribution in [1.29, 1.82) is 0 Å². The Morgan fingerprint density at radius 1 is 1.25 bits per heavy atom. The van der Waals surface area contributed by atoms with Crippen LogP contribution in [0.1, 0.15) is 24.0 Å². The fourth-order valence-corrected chi connectivity index (χ4v) is 3.14. The normalized spacial score (nSPS) is 13.5. The van der Waals surface area contributed by atoms with Crippen molar-refractivity contribution in [3.05, 3.63) is 35.4 Å². The predicted molar refractivity (Wildman–Crippen MR) is 69.5 cm³/mol. The van der Waals surface area contributed by atoms with Gasteiger partial charge in [0.2, 0.25) is 0 Å². The molecule has 0 fully saturated rings. The minimum atomic E-state index is -1.08. The Morgan fingerprint density at radius 2 is 1.75 bits per heavy atom. The molecule has 0 amide bonds. The van der Waals surface area contributed by atoms with E-state index in [9.17, 15) is 4.79 Å². The monoisotopic (exact) mass is 236 g/mol. The van der Waals surface area contributed by atoms with E-state index in [2.05, 4.69) is 31.8 Å².